The van der Waals surface area contributed by atoms with Gasteiger partial charge in [-0.1, -0.05) is 18.2 Å². The average Bonchev–Trinajstić information content (AvgIpc) is 2.40. The number of hydrogen-bond donors (Lipinski definition) is 1. The minimum atomic E-state index is -2.85. The van der Waals surface area contributed by atoms with Gasteiger partial charge in [-0.2, -0.15) is 8.78 Å². The number of hydrogen-bond acceptors (Lipinski definition) is 2. The van der Waals surface area contributed by atoms with E-state index < -0.39 is 6.61 Å². The molecule has 0 amide bonds. The Morgan fingerprint density at radius 2 is 1.95 bits per heavy atom. The smallest absolute Gasteiger partial charge is 0.387 e. The summed E-state index contributed by atoms with van der Waals surface area (Å²) in [6, 6.07) is 11.2. The molecular formula is C15H14F3NO. The van der Waals surface area contributed by atoms with E-state index in [1.165, 1.54) is 18.2 Å². The Morgan fingerprint density at radius 3 is 2.65 bits per heavy atom. The Balaban J connectivity index is 2.01. The van der Waals surface area contributed by atoms with E-state index in [1.54, 1.807) is 25.1 Å². The van der Waals surface area contributed by atoms with Gasteiger partial charge in [-0.25, -0.2) is 4.39 Å². The third-order valence-electron chi connectivity index (χ3n) is 2.79. The molecule has 0 aliphatic heterocycles. The van der Waals surface area contributed by atoms with Crippen LogP contribution < -0.4 is 10.1 Å². The fourth-order valence-electron chi connectivity index (χ4n) is 1.73. The Hall–Kier alpha value is -2.17. The van der Waals surface area contributed by atoms with E-state index in [0.717, 1.165) is 5.56 Å². The van der Waals surface area contributed by atoms with Crippen LogP contribution >= 0.6 is 0 Å². The molecule has 2 rings (SSSR count). The fraction of sp³-hybridized carbons (Fsp3) is 0.200. The first kappa shape index (κ1) is 14.2. The van der Waals surface area contributed by atoms with Crippen LogP contribution in [-0.4, -0.2) is 6.61 Å². The maximum Gasteiger partial charge on any atom is 0.387 e. The van der Waals surface area contributed by atoms with Crippen molar-refractivity contribution in [2.24, 2.45) is 0 Å². The van der Waals surface area contributed by atoms with Crippen LogP contribution in [0.15, 0.2) is 42.5 Å². The van der Waals surface area contributed by atoms with Gasteiger partial charge in [0, 0.05) is 18.3 Å². The Bertz CT molecular complexity index is 587. The first-order valence-electron chi connectivity index (χ1n) is 6.08. The number of nitrogens with one attached hydrogen (secondary N) is 1. The minimum absolute atomic E-state index is 0.0834. The van der Waals surface area contributed by atoms with Crippen molar-refractivity contribution >= 4 is 5.69 Å². The van der Waals surface area contributed by atoms with Gasteiger partial charge in [-0.15, -0.1) is 0 Å². The largest absolute Gasteiger partial charge is 0.435 e. The molecule has 0 bridgehead atoms. The molecule has 1 N–H and O–H groups in total. The Labute approximate surface area is 115 Å². The monoisotopic (exact) mass is 281 g/mol. The molecule has 20 heavy (non-hydrogen) atoms. The minimum Gasteiger partial charge on any atom is -0.435 e. The number of alkyl halides is 2. The van der Waals surface area contributed by atoms with E-state index in [9.17, 15) is 13.2 Å². The number of benzene rings is 2. The van der Waals surface area contributed by atoms with Crippen LogP contribution in [0, 0.1) is 12.7 Å². The van der Waals surface area contributed by atoms with Crippen LogP contribution in [0.1, 0.15) is 11.1 Å². The van der Waals surface area contributed by atoms with E-state index in [4.69, 9.17) is 0 Å². The van der Waals surface area contributed by atoms with Crippen molar-refractivity contribution in [2.75, 3.05) is 5.32 Å². The predicted molar refractivity (Wildman–Crippen MR) is 71.5 cm³/mol. The van der Waals surface area contributed by atoms with Crippen molar-refractivity contribution in [1.82, 2.24) is 0 Å². The van der Waals surface area contributed by atoms with Crippen molar-refractivity contribution in [2.45, 2.75) is 20.1 Å². The number of rotatable bonds is 5. The second-order valence-corrected chi connectivity index (χ2v) is 4.34. The second kappa shape index (κ2) is 6.32. The van der Waals surface area contributed by atoms with Gasteiger partial charge in [0.15, 0.2) is 0 Å². The maximum atomic E-state index is 13.4. The maximum absolute atomic E-state index is 13.4. The molecule has 106 valence electrons. The third-order valence-corrected chi connectivity index (χ3v) is 2.79. The normalized spacial score (nSPS) is 10.7. The summed E-state index contributed by atoms with van der Waals surface area (Å²) in [7, 11) is 0. The van der Waals surface area contributed by atoms with E-state index in [-0.39, 0.29) is 11.6 Å². The molecule has 0 saturated heterocycles. The lowest BCUT2D eigenvalue weighted by Gasteiger charge is -2.10. The fourth-order valence-corrected chi connectivity index (χ4v) is 1.73. The molecule has 5 heteroatoms. The van der Waals surface area contributed by atoms with E-state index in [0.29, 0.717) is 17.8 Å². The summed E-state index contributed by atoms with van der Waals surface area (Å²) in [6.07, 6.45) is 0. The number of halogens is 3. The summed E-state index contributed by atoms with van der Waals surface area (Å²) >= 11 is 0. The van der Waals surface area contributed by atoms with Gasteiger partial charge in [-0.05, 0) is 36.2 Å². The lowest BCUT2D eigenvalue weighted by Crippen LogP contribution is -2.03. The second-order valence-electron chi connectivity index (χ2n) is 4.34. The van der Waals surface area contributed by atoms with E-state index in [2.05, 4.69) is 10.1 Å². The van der Waals surface area contributed by atoms with E-state index >= 15 is 0 Å². The summed E-state index contributed by atoms with van der Waals surface area (Å²) in [5.74, 6) is -0.181. The van der Waals surface area contributed by atoms with Gasteiger partial charge in [0.05, 0.1) is 0 Å². The van der Waals surface area contributed by atoms with Crippen molar-refractivity contribution in [1.29, 1.82) is 0 Å². The van der Waals surface area contributed by atoms with Gasteiger partial charge in [-0.3, -0.25) is 0 Å². The van der Waals surface area contributed by atoms with Crippen LogP contribution in [0.5, 0.6) is 5.75 Å². The lowest BCUT2D eigenvalue weighted by molar-refractivity contribution is -0.0498. The highest BCUT2D eigenvalue weighted by molar-refractivity contribution is 5.48. The average molecular weight is 281 g/mol. The van der Waals surface area contributed by atoms with E-state index in [1.807, 2.05) is 6.07 Å². The number of anilines is 1. The lowest BCUT2D eigenvalue weighted by atomic mass is 10.1. The predicted octanol–water partition coefficient (Wildman–Crippen LogP) is 4.35. The first-order chi connectivity index (χ1) is 9.54. The molecule has 2 nitrogen and oxygen atoms in total. The van der Waals surface area contributed by atoms with Crippen LogP contribution in [0.4, 0.5) is 18.9 Å². The molecule has 0 unspecified atom stereocenters. The van der Waals surface area contributed by atoms with Crippen LogP contribution in [0.25, 0.3) is 0 Å². The van der Waals surface area contributed by atoms with Gasteiger partial charge >= 0.3 is 6.61 Å². The standard InChI is InChI=1S/C15H14F3NO/c1-10-5-6-11(7-14(10)16)9-19-12-3-2-4-13(8-12)20-15(17)18/h2-8,15,19H,9H2,1H3. The van der Waals surface area contributed by atoms with Crippen molar-refractivity contribution in [3.8, 4) is 5.75 Å². The van der Waals surface area contributed by atoms with Crippen LogP contribution in [0.3, 0.4) is 0 Å². The topological polar surface area (TPSA) is 21.3 Å². The summed E-state index contributed by atoms with van der Waals surface area (Å²) in [5.41, 5.74) is 1.98. The molecule has 0 aromatic heterocycles. The molecule has 0 aliphatic carbocycles. The molecule has 0 spiro atoms. The van der Waals surface area contributed by atoms with Crippen molar-refractivity contribution < 1.29 is 17.9 Å². The highest BCUT2D eigenvalue weighted by Gasteiger charge is 2.05. The molecular weight excluding hydrogens is 267 g/mol. The van der Waals surface area contributed by atoms with Crippen molar-refractivity contribution in [3.05, 3.63) is 59.4 Å². The highest BCUT2D eigenvalue weighted by Crippen LogP contribution is 2.20. The molecule has 0 radical (unpaired) electrons. The summed E-state index contributed by atoms with van der Waals surface area (Å²) in [5, 5.41) is 3.03. The SMILES string of the molecule is Cc1ccc(CNc2cccc(OC(F)F)c2)cc1F. The number of aryl methyl sites for hydroxylation is 1. The van der Waals surface area contributed by atoms with Gasteiger partial charge in [0.25, 0.3) is 0 Å². The molecule has 0 heterocycles. The van der Waals surface area contributed by atoms with Gasteiger partial charge in [0.2, 0.25) is 0 Å². The zero-order valence-corrected chi connectivity index (χ0v) is 10.9. The molecule has 0 fully saturated rings. The molecule has 2 aromatic carbocycles. The molecule has 0 atom stereocenters. The zero-order valence-electron chi connectivity index (χ0n) is 10.9. The Morgan fingerprint density at radius 1 is 1.15 bits per heavy atom. The van der Waals surface area contributed by atoms with Gasteiger partial charge < -0.3 is 10.1 Å². The summed E-state index contributed by atoms with van der Waals surface area (Å²) < 4.78 is 41.9. The molecule has 0 aliphatic rings. The highest BCUT2D eigenvalue weighted by atomic mass is 19.3. The molecule has 0 saturated carbocycles. The van der Waals surface area contributed by atoms with Crippen LogP contribution in [0.2, 0.25) is 0 Å². The summed E-state index contributed by atoms with van der Waals surface area (Å²) in [4.78, 5) is 0. The zero-order chi connectivity index (χ0) is 14.5. The third kappa shape index (κ3) is 3.91. The van der Waals surface area contributed by atoms with Gasteiger partial charge in [0.1, 0.15) is 11.6 Å². The Kier molecular flexibility index (Phi) is 4.50. The molecule has 2 aromatic rings. The number of ether oxygens (including phenoxy) is 1. The van der Waals surface area contributed by atoms with Crippen LogP contribution in [-0.2, 0) is 6.54 Å². The first-order valence-corrected chi connectivity index (χ1v) is 6.08. The summed E-state index contributed by atoms with van der Waals surface area (Å²) in [6.45, 7) is -0.760. The van der Waals surface area contributed by atoms with Crippen molar-refractivity contribution in [3.63, 3.8) is 0 Å². The quantitative estimate of drug-likeness (QED) is 0.879.